The highest BCUT2D eigenvalue weighted by atomic mass is 19.1. The van der Waals surface area contributed by atoms with Crippen LogP contribution in [0, 0.1) is 15.9 Å². The van der Waals surface area contributed by atoms with Crippen molar-refractivity contribution in [1.29, 1.82) is 0 Å². The molecule has 0 fully saturated rings. The van der Waals surface area contributed by atoms with Crippen molar-refractivity contribution in [2.45, 2.75) is 6.42 Å². The van der Waals surface area contributed by atoms with Crippen LogP contribution in [0.25, 0.3) is 0 Å². The van der Waals surface area contributed by atoms with E-state index in [4.69, 9.17) is 5.11 Å². The van der Waals surface area contributed by atoms with Gasteiger partial charge in [-0.1, -0.05) is 18.2 Å². The number of anilines is 1. The third-order valence-electron chi connectivity index (χ3n) is 2.83. The molecule has 0 spiro atoms. The Kier molecular flexibility index (Phi) is 4.14. The lowest BCUT2D eigenvalue weighted by molar-refractivity contribution is -0.386. The highest BCUT2D eigenvalue weighted by Crippen LogP contribution is 2.27. The minimum absolute atomic E-state index is 0.161. The van der Waals surface area contributed by atoms with E-state index in [9.17, 15) is 14.5 Å². The molecule has 20 heavy (non-hydrogen) atoms. The number of nitrogens with one attached hydrogen (secondary N) is 1. The van der Waals surface area contributed by atoms with Gasteiger partial charge in [-0.3, -0.25) is 10.1 Å². The van der Waals surface area contributed by atoms with Crippen molar-refractivity contribution in [1.82, 2.24) is 0 Å². The number of para-hydroxylation sites is 1. The fraction of sp³-hybridized carbons (Fsp3) is 0.143. The van der Waals surface area contributed by atoms with Gasteiger partial charge in [0.05, 0.1) is 4.92 Å². The van der Waals surface area contributed by atoms with Crippen LogP contribution in [0.2, 0.25) is 0 Å². The van der Waals surface area contributed by atoms with E-state index in [1.54, 1.807) is 24.3 Å². The number of hydrogen-bond donors (Lipinski definition) is 2. The first kappa shape index (κ1) is 13.8. The molecule has 6 heteroatoms. The maximum Gasteiger partial charge on any atom is 0.327 e. The van der Waals surface area contributed by atoms with Gasteiger partial charge in [0.25, 0.3) is 0 Å². The maximum atomic E-state index is 13.4. The minimum Gasteiger partial charge on any atom is -0.508 e. The summed E-state index contributed by atoms with van der Waals surface area (Å²) in [5.74, 6) is -0.674. The number of halogens is 1. The molecule has 0 unspecified atom stereocenters. The lowest BCUT2D eigenvalue weighted by Crippen LogP contribution is -2.07. The summed E-state index contributed by atoms with van der Waals surface area (Å²) in [6.45, 7) is 0.426. The SMILES string of the molecule is O=[N+]([O-])c1c(F)cccc1NCCc1ccc(O)cc1. The number of hydrogen-bond acceptors (Lipinski definition) is 4. The van der Waals surface area contributed by atoms with Crippen molar-refractivity contribution in [3.05, 3.63) is 64.0 Å². The molecule has 2 N–H and O–H groups in total. The molecular weight excluding hydrogens is 263 g/mol. The van der Waals surface area contributed by atoms with E-state index >= 15 is 0 Å². The van der Waals surface area contributed by atoms with Crippen LogP contribution in [-0.2, 0) is 6.42 Å². The van der Waals surface area contributed by atoms with Gasteiger partial charge in [0, 0.05) is 6.54 Å². The van der Waals surface area contributed by atoms with E-state index in [1.807, 2.05) is 0 Å². The standard InChI is InChI=1S/C14H13FN2O3/c15-12-2-1-3-13(14(12)17(19)20)16-9-8-10-4-6-11(18)7-5-10/h1-7,16,18H,8-9H2. The smallest absolute Gasteiger partial charge is 0.327 e. The fourth-order valence-corrected chi connectivity index (χ4v) is 1.85. The number of phenols is 1. The van der Waals surface area contributed by atoms with Gasteiger partial charge >= 0.3 is 5.69 Å². The number of benzene rings is 2. The Bertz CT molecular complexity index is 614. The Labute approximate surface area is 114 Å². The van der Waals surface area contributed by atoms with Crippen molar-refractivity contribution >= 4 is 11.4 Å². The number of phenolic OH excluding ortho intramolecular Hbond substituents is 1. The van der Waals surface area contributed by atoms with Gasteiger partial charge in [-0.25, -0.2) is 0 Å². The topological polar surface area (TPSA) is 75.4 Å². The van der Waals surface area contributed by atoms with Crippen molar-refractivity contribution in [2.24, 2.45) is 0 Å². The van der Waals surface area contributed by atoms with Gasteiger partial charge in [-0.2, -0.15) is 4.39 Å². The van der Waals surface area contributed by atoms with E-state index in [1.165, 1.54) is 12.1 Å². The van der Waals surface area contributed by atoms with Crippen molar-refractivity contribution < 1.29 is 14.4 Å². The van der Waals surface area contributed by atoms with Gasteiger partial charge in [-0.15, -0.1) is 0 Å². The summed E-state index contributed by atoms with van der Waals surface area (Å²) in [7, 11) is 0. The summed E-state index contributed by atoms with van der Waals surface area (Å²) < 4.78 is 13.4. The second-order valence-corrected chi connectivity index (χ2v) is 4.24. The molecule has 0 aliphatic rings. The summed E-state index contributed by atoms with van der Waals surface area (Å²) in [4.78, 5) is 10.1. The highest BCUT2D eigenvalue weighted by Gasteiger charge is 2.19. The average molecular weight is 276 g/mol. The summed E-state index contributed by atoms with van der Waals surface area (Å²) >= 11 is 0. The van der Waals surface area contributed by atoms with E-state index in [2.05, 4.69) is 5.32 Å². The second-order valence-electron chi connectivity index (χ2n) is 4.24. The molecule has 2 aromatic rings. The molecule has 2 aromatic carbocycles. The zero-order chi connectivity index (χ0) is 14.5. The van der Waals surface area contributed by atoms with Crippen molar-refractivity contribution in [2.75, 3.05) is 11.9 Å². The van der Waals surface area contributed by atoms with Gasteiger partial charge < -0.3 is 10.4 Å². The first-order valence-corrected chi connectivity index (χ1v) is 6.02. The van der Waals surface area contributed by atoms with E-state index < -0.39 is 16.4 Å². The Hall–Kier alpha value is -2.63. The van der Waals surface area contributed by atoms with Gasteiger partial charge in [-0.05, 0) is 36.2 Å². The molecule has 104 valence electrons. The maximum absolute atomic E-state index is 13.4. The molecule has 0 saturated carbocycles. The quantitative estimate of drug-likeness (QED) is 0.650. The summed E-state index contributed by atoms with van der Waals surface area (Å²) in [6.07, 6.45) is 0.605. The number of nitro benzene ring substituents is 1. The molecule has 0 radical (unpaired) electrons. The van der Waals surface area contributed by atoms with E-state index in [0.29, 0.717) is 13.0 Å². The van der Waals surface area contributed by atoms with Crippen molar-refractivity contribution in [3.63, 3.8) is 0 Å². The second kappa shape index (κ2) is 6.01. The van der Waals surface area contributed by atoms with Crippen LogP contribution >= 0.6 is 0 Å². The number of rotatable bonds is 5. The molecule has 0 bridgehead atoms. The van der Waals surface area contributed by atoms with Crippen LogP contribution < -0.4 is 5.32 Å². The number of nitrogens with zero attached hydrogens (tertiary/aromatic N) is 1. The monoisotopic (exact) mass is 276 g/mol. The molecule has 0 aliphatic heterocycles. The van der Waals surface area contributed by atoms with Crippen LogP contribution in [0.1, 0.15) is 5.56 Å². The molecule has 0 heterocycles. The molecular formula is C14H13FN2O3. The van der Waals surface area contributed by atoms with Crippen LogP contribution in [0.15, 0.2) is 42.5 Å². The molecule has 0 aliphatic carbocycles. The summed E-state index contributed by atoms with van der Waals surface area (Å²) in [6, 6.07) is 10.6. The van der Waals surface area contributed by atoms with E-state index in [-0.39, 0.29) is 11.4 Å². The molecule has 5 nitrogen and oxygen atoms in total. The first-order valence-electron chi connectivity index (χ1n) is 6.02. The molecule has 2 rings (SSSR count). The third kappa shape index (κ3) is 3.23. The Morgan fingerprint density at radius 2 is 1.90 bits per heavy atom. The van der Waals surface area contributed by atoms with Crippen LogP contribution in [-0.4, -0.2) is 16.6 Å². The van der Waals surface area contributed by atoms with Gasteiger partial charge in [0.15, 0.2) is 0 Å². The molecule has 0 atom stereocenters. The Morgan fingerprint density at radius 3 is 2.55 bits per heavy atom. The zero-order valence-corrected chi connectivity index (χ0v) is 10.5. The number of aromatic hydroxyl groups is 1. The summed E-state index contributed by atoms with van der Waals surface area (Å²) in [5.41, 5.74) is 0.585. The van der Waals surface area contributed by atoms with Gasteiger partial charge in [0.2, 0.25) is 5.82 Å². The fourth-order valence-electron chi connectivity index (χ4n) is 1.85. The predicted octanol–water partition coefficient (Wildman–Crippen LogP) is 3.09. The molecule has 0 amide bonds. The van der Waals surface area contributed by atoms with Crippen molar-refractivity contribution in [3.8, 4) is 5.75 Å². The van der Waals surface area contributed by atoms with E-state index in [0.717, 1.165) is 11.6 Å². The van der Waals surface area contributed by atoms with Crippen LogP contribution in [0.3, 0.4) is 0 Å². The Morgan fingerprint density at radius 1 is 1.20 bits per heavy atom. The van der Waals surface area contributed by atoms with Crippen LogP contribution in [0.4, 0.5) is 15.8 Å². The Balaban J connectivity index is 2.02. The first-order chi connectivity index (χ1) is 9.58. The molecule has 0 saturated heterocycles. The summed E-state index contributed by atoms with van der Waals surface area (Å²) in [5, 5.41) is 22.8. The average Bonchev–Trinajstić information content (AvgIpc) is 2.40. The lowest BCUT2D eigenvalue weighted by atomic mass is 10.1. The van der Waals surface area contributed by atoms with Crippen LogP contribution in [0.5, 0.6) is 5.75 Å². The lowest BCUT2D eigenvalue weighted by Gasteiger charge is -2.07. The molecule has 0 aromatic heterocycles. The largest absolute Gasteiger partial charge is 0.508 e. The zero-order valence-electron chi connectivity index (χ0n) is 10.5. The third-order valence-corrected chi connectivity index (χ3v) is 2.83. The normalized spacial score (nSPS) is 10.2. The predicted molar refractivity (Wildman–Crippen MR) is 73.4 cm³/mol. The minimum atomic E-state index is -0.857. The van der Waals surface area contributed by atoms with Gasteiger partial charge in [0.1, 0.15) is 11.4 Å². The highest BCUT2D eigenvalue weighted by molar-refractivity contribution is 5.61. The number of nitro groups is 1.